The fraction of sp³-hybridized carbons (Fsp3) is 0.263. The van der Waals surface area contributed by atoms with Gasteiger partial charge in [-0.25, -0.2) is 0 Å². The van der Waals surface area contributed by atoms with Gasteiger partial charge in [0, 0.05) is 12.1 Å². The van der Waals surface area contributed by atoms with E-state index in [2.05, 4.69) is 0 Å². The second-order valence-electron chi connectivity index (χ2n) is 5.99. The van der Waals surface area contributed by atoms with Crippen LogP contribution in [-0.2, 0) is 20.9 Å². The fourth-order valence-corrected chi connectivity index (χ4v) is 2.76. The van der Waals surface area contributed by atoms with E-state index in [1.54, 1.807) is 6.92 Å². The summed E-state index contributed by atoms with van der Waals surface area (Å²) in [4.78, 5) is 36.6. The van der Waals surface area contributed by atoms with E-state index in [1.165, 1.54) is 23.1 Å². The van der Waals surface area contributed by atoms with Gasteiger partial charge in [-0.2, -0.15) is 0 Å². The molecule has 0 aromatic heterocycles. The highest BCUT2D eigenvalue weighted by atomic mass is 16.6. The summed E-state index contributed by atoms with van der Waals surface area (Å²) >= 11 is 0. The van der Waals surface area contributed by atoms with Crippen molar-refractivity contribution in [2.24, 2.45) is 0 Å². The molecule has 0 fully saturated rings. The van der Waals surface area contributed by atoms with Crippen LogP contribution in [0, 0.1) is 10.1 Å². The largest absolute Gasteiger partial charge is 0.478 e. The van der Waals surface area contributed by atoms with Crippen LogP contribution in [0.25, 0.3) is 0 Å². The van der Waals surface area contributed by atoms with Crippen LogP contribution in [0.15, 0.2) is 48.5 Å². The van der Waals surface area contributed by atoms with Crippen molar-refractivity contribution in [1.82, 2.24) is 0 Å². The summed E-state index contributed by atoms with van der Waals surface area (Å²) in [6.45, 7) is 1.52. The summed E-state index contributed by atoms with van der Waals surface area (Å²) in [6.07, 6.45) is -0.342. The lowest BCUT2D eigenvalue weighted by atomic mass is 10.1. The zero-order valence-electron chi connectivity index (χ0n) is 14.7. The zero-order valence-corrected chi connectivity index (χ0v) is 14.7. The lowest BCUT2D eigenvalue weighted by Crippen LogP contribution is -2.48. The third kappa shape index (κ3) is 4.05. The normalized spacial score (nSPS) is 15.7. The van der Waals surface area contributed by atoms with Crippen LogP contribution in [0.2, 0.25) is 0 Å². The van der Waals surface area contributed by atoms with E-state index in [0.717, 1.165) is 5.56 Å². The predicted octanol–water partition coefficient (Wildman–Crippen LogP) is 2.84. The molecule has 1 heterocycles. The Hall–Kier alpha value is -3.42. The molecule has 2 aromatic carbocycles. The molecule has 1 atom stereocenters. The second-order valence-corrected chi connectivity index (χ2v) is 5.99. The highest BCUT2D eigenvalue weighted by Gasteiger charge is 2.35. The van der Waals surface area contributed by atoms with E-state index >= 15 is 0 Å². The topological polar surface area (TPSA) is 99.0 Å². The first-order chi connectivity index (χ1) is 13.0. The van der Waals surface area contributed by atoms with Gasteiger partial charge in [-0.1, -0.05) is 37.3 Å². The van der Waals surface area contributed by atoms with Gasteiger partial charge in [-0.3, -0.25) is 24.6 Å². The van der Waals surface area contributed by atoms with Crippen molar-refractivity contribution in [3.05, 3.63) is 64.2 Å². The Kier molecular flexibility index (Phi) is 5.35. The Labute approximate surface area is 155 Å². The van der Waals surface area contributed by atoms with Gasteiger partial charge in [-0.05, 0) is 18.1 Å². The third-order valence-corrected chi connectivity index (χ3v) is 4.16. The Bertz CT molecular complexity index is 868. The van der Waals surface area contributed by atoms with Crippen LogP contribution in [0.1, 0.15) is 18.9 Å². The Morgan fingerprint density at radius 3 is 2.67 bits per heavy atom. The van der Waals surface area contributed by atoms with Gasteiger partial charge in [0.25, 0.3) is 11.6 Å². The molecule has 1 aliphatic rings. The van der Waals surface area contributed by atoms with Gasteiger partial charge in [0.15, 0.2) is 6.10 Å². The minimum atomic E-state index is -0.749. The van der Waals surface area contributed by atoms with Gasteiger partial charge < -0.3 is 9.47 Å². The lowest BCUT2D eigenvalue weighted by Gasteiger charge is -2.33. The Morgan fingerprint density at radius 1 is 1.26 bits per heavy atom. The van der Waals surface area contributed by atoms with Crippen LogP contribution < -0.4 is 9.64 Å². The number of anilines is 1. The summed E-state index contributed by atoms with van der Waals surface area (Å²) in [6, 6.07) is 13.1. The molecular formula is C19H18N2O6. The molecule has 1 unspecified atom stereocenters. The van der Waals surface area contributed by atoms with E-state index in [0.29, 0.717) is 12.2 Å². The molecule has 0 N–H and O–H groups in total. The number of non-ortho nitro benzene ring substituents is 1. The molecule has 27 heavy (non-hydrogen) atoms. The number of nitrogens with zero attached hydrogens (tertiary/aromatic N) is 2. The molecule has 0 saturated heterocycles. The number of hydrogen-bond acceptors (Lipinski definition) is 6. The molecule has 8 heteroatoms. The molecule has 3 rings (SSSR count). The van der Waals surface area contributed by atoms with E-state index in [1.807, 2.05) is 30.3 Å². The van der Waals surface area contributed by atoms with Crippen molar-refractivity contribution in [3.8, 4) is 5.75 Å². The average molecular weight is 370 g/mol. The molecule has 8 nitrogen and oxygen atoms in total. The summed E-state index contributed by atoms with van der Waals surface area (Å²) in [5.41, 5.74) is 0.819. The minimum Gasteiger partial charge on any atom is -0.478 e. The molecule has 1 amide bonds. The number of carbonyl (C=O) groups is 2. The maximum absolute atomic E-state index is 12.6. The average Bonchev–Trinajstić information content (AvgIpc) is 2.68. The number of benzene rings is 2. The molecule has 0 bridgehead atoms. The molecule has 0 saturated carbocycles. The van der Waals surface area contributed by atoms with Crippen LogP contribution in [-0.4, -0.2) is 29.4 Å². The highest BCUT2D eigenvalue weighted by molar-refractivity contribution is 6.03. The first-order valence-electron chi connectivity index (χ1n) is 8.45. The van der Waals surface area contributed by atoms with Crippen LogP contribution in [0.3, 0.4) is 0 Å². The predicted molar refractivity (Wildman–Crippen MR) is 96.4 cm³/mol. The number of carbonyl (C=O) groups excluding carboxylic acids is 2. The van der Waals surface area contributed by atoms with Gasteiger partial charge >= 0.3 is 5.97 Å². The van der Waals surface area contributed by atoms with Crippen LogP contribution in [0.4, 0.5) is 11.4 Å². The number of hydrogen-bond donors (Lipinski definition) is 0. The number of esters is 1. The standard InChI is InChI=1S/C19H18N2O6/c1-2-16-19(23)20(11-18(22)26-12-13-6-4-3-5-7-13)15-10-14(21(24)25)8-9-17(15)27-16/h3-10,16H,2,11-12H2,1H3. The summed E-state index contributed by atoms with van der Waals surface area (Å²) in [5.74, 6) is -0.716. The molecule has 1 aliphatic heterocycles. The van der Waals surface area contributed by atoms with Crippen molar-refractivity contribution in [2.45, 2.75) is 26.1 Å². The number of rotatable bonds is 6. The molecule has 140 valence electrons. The minimum absolute atomic E-state index is 0.0806. The maximum Gasteiger partial charge on any atom is 0.326 e. The fourth-order valence-electron chi connectivity index (χ4n) is 2.76. The second kappa shape index (κ2) is 7.86. The van der Waals surface area contributed by atoms with Crippen molar-refractivity contribution < 1.29 is 24.0 Å². The molecular weight excluding hydrogens is 352 g/mol. The number of nitro groups is 1. The zero-order chi connectivity index (χ0) is 19.4. The van der Waals surface area contributed by atoms with Crippen molar-refractivity contribution in [1.29, 1.82) is 0 Å². The van der Waals surface area contributed by atoms with E-state index in [4.69, 9.17) is 9.47 Å². The first-order valence-corrected chi connectivity index (χ1v) is 8.45. The summed E-state index contributed by atoms with van der Waals surface area (Å²) < 4.78 is 10.8. The monoisotopic (exact) mass is 370 g/mol. The first kappa shape index (κ1) is 18.4. The molecule has 0 radical (unpaired) electrons. The maximum atomic E-state index is 12.6. The van der Waals surface area contributed by atoms with E-state index in [9.17, 15) is 19.7 Å². The number of fused-ring (bicyclic) bond motifs is 1. The van der Waals surface area contributed by atoms with Gasteiger partial charge in [0.1, 0.15) is 18.9 Å². The molecule has 0 aliphatic carbocycles. The van der Waals surface area contributed by atoms with E-state index < -0.39 is 22.9 Å². The van der Waals surface area contributed by atoms with Crippen LogP contribution >= 0.6 is 0 Å². The van der Waals surface area contributed by atoms with Crippen molar-refractivity contribution in [3.63, 3.8) is 0 Å². The molecule has 0 spiro atoms. The van der Waals surface area contributed by atoms with Crippen LogP contribution in [0.5, 0.6) is 5.75 Å². The summed E-state index contributed by atoms with van der Waals surface area (Å²) in [5, 5.41) is 11.0. The van der Waals surface area contributed by atoms with Gasteiger partial charge in [0.2, 0.25) is 0 Å². The smallest absolute Gasteiger partial charge is 0.326 e. The van der Waals surface area contributed by atoms with Crippen molar-refractivity contribution in [2.75, 3.05) is 11.4 Å². The quantitative estimate of drug-likeness (QED) is 0.440. The van der Waals surface area contributed by atoms with E-state index in [-0.39, 0.29) is 24.5 Å². The number of ether oxygens (including phenoxy) is 2. The number of amides is 1. The van der Waals surface area contributed by atoms with Crippen molar-refractivity contribution >= 4 is 23.3 Å². The number of nitro benzene ring substituents is 1. The summed E-state index contributed by atoms with van der Waals surface area (Å²) in [7, 11) is 0. The Morgan fingerprint density at radius 2 is 2.00 bits per heavy atom. The molecule has 2 aromatic rings. The van der Waals surface area contributed by atoms with Gasteiger partial charge in [-0.15, -0.1) is 0 Å². The Balaban J connectivity index is 1.80. The van der Waals surface area contributed by atoms with Gasteiger partial charge in [0.05, 0.1) is 10.6 Å². The lowest BCUT2D eigenvalue weighted by molar-refractivity contribution is -0.384. The third-order valence-electron chi connectivity index (χ3n) is 4.16. The highest BCUT2D eigenvalue weighted by Crippen LogP contribution is 2.37. The SMILES string of the molecule is CCC1Oc2ccc([N+](=O)[O-])cc2N(CC(=O)OCc2ccccc2)C1=O.